The van der Waals surface area contributed by atoms with E-state index in [0.717, 1.165) is 77.0 Å². The lowest BCUT2D eigenvalue weighted by atomic mass is 9.88. The highest BCUT2D eigenvalue weighted by Crippen LogP contribution is 2.42. The number of aromatic nitrogens is 1. The van der Waals surface area contributed by atoms with Crippen molar-refractivity contribution in [2.24, 2.45) is 10.7 Å². The molecule has 2 N–H and O–H groups in total. The second kappa shape index (κ2) is 12.8. The van der Waals surface area contributed by atoms with Gasteiger partial charge in [0.1, 0.15) is 5.84 Å². The summed E-state index contributed by atoms with van der Waals surface area (Å²) >= 11 is 0. The highest BCUT2D eigenvalue weighted by Gasteiger charge is 2.16. The maximum atomic E-state index is 7.46. The molecule has 1 heterocycles. The first-order chi connectivity index (χ1) is 24.6. The lowest BCUT2D eigenvalue weighted by Gasteiger charge is -2.16. The first kappa shape index (κ1) is 30.3. The Morgan fingerprint density at radius 1 is 0.540 bits per heavy atom. The molecule has 0 atom stereocenters. The number of nitrogens with zero attached hydrogens (tertiary/aromatic N) is 4. The summed E-state index contributed by atoms with van der Waals surface area (Å²) in [6, 6.07) is 49.2. The first-order valence-electron chi connectivity index (χ1n) is 16.3. The molecule has 5 heteroatoms. The topological polar surface area (TPSA) is 60.0 Å². The van der Waals surface area contributed by atoms with Crippen LogP contribution in [0.5, 0.6) is 0 Å². The third kappa shape index (κ3) is 5.60. The van der Waals surface area contributed by atoms with Gasteiger partial charge < -0.3 is 5.73 Å². The number of rotatable bonds is 6. The largest absolute Gasteiger partial charge is 0.383 e. The van der Waals surface area contributed by atoms with Crippen molar-refractivity contribution in [3.05, 3.63) is 186 Å². The summed E-state index contributed by atoms with van der Waals surface area (Å²) in [4.78, 5) is 16.7. The minimum atomic E-state index is 0.458. The Bertz CT molecular complexity index is 2660. The van der Waals surface area contributed by atoms with Crippen molar-refractivity contribution in [1.29, 1.82) is 0 Å². The minimum absolute atomic E-state index is 0.458. The molecule has 234 valence electrons. The highest BCUT2D eigenvalue weighted by molar-refractivity contribution is 6.23. The van der Waals surface area contributed by atoms with Gasteiger partial charge in [0.2, 0.25) is 0 Å². The van der Waals surface area contributed by atoms with Crippen LogP contribution in [0.15, 0.2) is 157 Å². The van der Waals surface area contributed by atoms with E-state index in [1.54, 1.807) is 6.07 Å². The number of amidine groups is 1. The zero-order chi connectivity index (χ0) is 34.0. The van der Waals surface area contributed by atoms with Crippen LogP contribution in [0.1, 0.15) is 11.1 Å². The Morgan fingerprint density at radius 3 is 1.96 bits per heavy atom. The number of hydrogen-bond donors (Lipinski definition) is 1. The zero-order valence-corrected chi connectivity index (χ0v) is 27.0. The molecule has 0 fully saturated rings. The van der Waals surface area contributed by atoms with E-state index in [2.05, 4.69) is 88.6 Å². The molecule has 0 amide bonds. The molecule has 8 rings (SSSR count). The predicted molar refractivity (Wildman–Crippen MR) is 206 cm³/mol. The Hall–Kier alpha value is -7.08. The van der Waals surface area contributed by atoms with Gasteiger partial charge in [-0.2, -0.15) is 0 Å². The normalized spacial score (nSPS) is 11.4. The first-order valence-corrected chi connectivity index (χ1v) is 16.3. The van der Waals surface area contributed by atoms with Crippen LogP contribution >= 0.6 is 0 Å². The molecule has 0 saturated heterocycles. The van der Waals surface area contributed by atoms with Crippen molar-refractivity contribution in [2.45, 2.75) is 6.54 Å². The number of aliphatic imine (C=N–C) groups is 1. The molecule has 50 heavy (non-hydrogen) atoms. The third-order valence-electron chi connectivity index (χ3n) is 9.16. The quantitative estimate of drug-likeness (QED) is 0.0852. The average Bonchev–Trinajstić information content (AvgIpc) is 3.19. The molecule has 8 aromatic rings. The van der Waals surface area contributed by atoms with Crippen LogP contribution in [0.4, 0.5) is 11.4 Å². The molecule has 0 saturated carbocycles. The molecule has 5 nitrogen and oxygen atoms in total. The molecular weight excluding hydrogens is 611 g/mol. The third-order valence-corrected chi connectivity index (χ3v) is 9.16. The summed E-state index contributed by atoms with van der Waals surface area (Å²) in [5.74, 6) is 0.511. The second-order valence-corrected chi connectivity index (χ2v) is 12.2. The summed E-state index contributed by atoms with van der Waals surface area (Å²) in [5, 5.41) is 5.65. The lowest BCUT2D eigenvalue weighted by Crippen LogP contribution is -2.13. The van der Waals surface area contributed by atoms with Gasteiger partial charge in [0, 0.05) is 22.7 Å². The molecule has 0 aliphatic carbocycles. The van der Waals surface area contributed by atoms with E-state index in [9.17, 15) is 0 Å². The number of pyridine rings is 1. The fourth-order valence-electron chi connectivity index (χ4n) is 6.72. The fraction of sp³-hybridized carbons (Fsp3) is 0.0222. The van der Waals surface area contributed by atoms with Crippen LogP contribution in [0.2, 0.25) is 0 Å². The summed E-state index contributed by atoms with van der Waals surface area (Å²) in [6.45, 7) is 15.4. The molecule has 1 aromatic heterocycles. The van der Waals surface area contributed by atoms with Gasteiger partial charge >= 0.3 is 0 Å². The maximum Gasteiger partial charge on any atom is 0.177 e. The predicted octanol–water partition coefficient (Wildman–Crippen LogP) is 11.5. The highest BCUT2D eigenvalue weighted by atomic mass is 14.8. The molecule has 0 radical (unpaired) electrons. The van der Waals surface area contributed by atoms with E-state index in [1.807, 2.05) is 66.9 Å². The van der Waals surface area contributed by atoms with Gasteiger partial charge in [-0.05, 0) is 79.2 Å². The summed E-state index contributed by atoms with van der Waals surface area (Å²) in [7, 11) is 0. The second-order valence-electron chi connectivity index (χ2n) is 12.2. The smallest absolute Gasteiger partial charge is 0.177 e. The van der Waals surface area contributed by atoms with Gasteiger partial charge in [-0.25, -0.2) is 9.69 Å². The van der Waals surface area contributed by atoms with Gasteiger partial charge in [0.25, 0.3) is 0 Å². The van der Waals surface area contributed by atoms with E-state index < -0.39 is 0 Å². The standard InChI is InChI=1S/C45H29N5/c1-47-35-23-34(24-36(25-35)48-2)30-17-19-31(20-18-30)41-27-42-38-15-7-6-14-37(38)40(26-43(42)39-16-9-21-49-44(39)41)32-12-8-13-33(22-32)45(46)50-28-29-10-4-3-5-11-29/h3-27H,28H2,(H2,46,50). The van der Waals surface area contributed by atoms with Crippen LogP contribution in [0, 0.1) is 13.1 Å². The molecule has 7 aromatic carbocycles. The van der Waals surface area contributed by atoms with Crippen LogP contribution in [-0.4, -0.2) is 10.8 Å². The van der Waals surface area contributed by atoms with Crippen LogP contribution in [-0.2, 0) is 6.54 Å². The average molecular weight is 640 g/mol. The monoisotopic (exact) mass is 639 g/mol. The number of benzene rings is 7. The minimum Gasteiger partial charge on any atom is -0.383 e. The van der Waals surface area contributed by atoms with E-state index >= 15 is 0 Å². The van der Waals surface area contributed by atoms with Gasteiger partial charge in [0.05, 0.1) is 25.2 Å². The van der Waals surface area contributed by atoms with Gasteiger partial charge in [-0.3, -0.25) is 9.98 Å². The van der Waals surface area contributed by atoms with E-state index in [0.29, 0.717) is 23.8 Å². The number of hydrogen-bond acceptors (Lipinski definition) is 2. The zero-order valence-electron chi connectivity index (χ0n) is 27.0. The molecule has 0 spiro atoms. The Balaban J connectivity index is 1.25. The molecule has 0 bridgehead atoms. The van der Waals surface area contributed by atoms with Crippen LogP contribution in [0.3, 0.4) is 0 Å². The van der Waals surface area contributed by atoms with Crippen molar-refractivity contribution in [3.63, 3.8) is 0 Å². The number of nitrogens with two attached hydrogens (primary N) is 1. The number of fused-ring (bicyclic) bond motifs is 5. The molecule has 0 aliphatic heterocycles. The molecule has 0 aliphatic rings. The Kier molecular flexibility index (Phi) is 7.78. The van der Waals surface area contributed by atoms with E-state index in [1.165, 1.54) is 0 Å². The van der Waals surface area contributed by atoms with Crippen molar-refractivity contribution < 1.29 is 0 Å². The van der Waals surface area contributed by atoms with Crippen LogP contribution < -0.4 is 5.73 Å². The van der Waals surface area contributed by atoms with Gasteiger partial charge in [-0.15, -0.1) is 0 Å². The van der Waals surface area contributed by atoms with Gasteiger partial charge in [0.15, 0.2) is 11.4 Å². The van der Waals surface area contributed by atoms with E-state index in [-0.39, 0.29) is 0 Å². The fourth-order valence-corrected chi connectivity index (χ4v) is 6.72. The summed E-state index contributed by atoms with van der Waals surface area (Å²) < 4.78 is 0. The molecular formula is C45H29N5. The van der Waals surface area contributed by atoms with Crippen molar-refractivity contribution in [3.8, 4) is 33.4 Å². The van der Waals surface area contributed by atoms with Crippen LogP contribution in [0.25, 0.3) is 75.5 Å². The van der Waals surface area contributed by atoms with Crippen molar-refractivity contribution in [2.75, 3.05) is 0 Å². The lowest BCUT2D eigenvalue weighted by molar-refractivity contribution is 1.06. The van der Waals surface area contributed by atoms with Gasteiger partial charge in [-0.1, -0.05) is 121 Å². The summed E-state index contributed by atoms with van der Waals surface area (Å²) in [5.41, 5.74) is 16.4. The summed E-state index contributed by atoms with van der Waals surface area (Å²) in [6.07, 6.45) is 1.84. The SMILES string of the molecule is [C-]#[N+]c1cc([N+]#[C-])cc(-c2ccc(-c3cc4c5ccccc5c(-c5cccc(C(N)=NCc6ccccc6)c5)cc4c4cccnc34)cc2)c1. The Labute approximate surface area is 290 Å². The maximum absolute atomic E-state index is 7.46. The van der Waals surface area contributed by atoms with Crippen molar-refractivity contribution >= 4 is 49.7 Å². The van der Waals surface area contributed by atoms with E-state index in [4.69, 9.17) is 28.9 Å². The van der Waals surface area contributed by atoms with Crippen molar-refractivity contribution in [1.82, 2.24) is 4.98 Å². The molecule has 0 unspecified atom stereocenters. The Morgan fingerprint density at radius 2 is 1.20 bits per heavy atom.